The van der Waals surface area contributed by atoms with Gasteiger partial charge in [-0.05, 0) is 40.0 Å². The maximum absolute atomic E-state index is 13.7. The highest BCUT2D eigenvalue weighted by Gasteiger charge is 2.74. The zero-order valence-corrected chi connectivity index (χ0v) is 19.3. The van der Waals surface area contributed by atoms with Gasteiger partial charge in [-0.2, -0.15) is 30.7 Å². The molecule has 0 aliphatic heterocycles. The Morgan fingerprint density at radius 1 is 0.562 bits per heavy atom. The van der Waals surface area contributed by atoms with Crippen molar-refractivity contribution >= 4 is 0 Å². The van der Waals surface area contributed by atoms with Crippen LogP contribution in [0.25, 0.3) is 0 Å². The van der Waals surface area contributed by atoms with E-state index in [0.717, 1.165) is 32.1 Å². The Kier molecular flexibility index (Phi) is 14.3. The van der Waals surface area contributed by atoms with Crippen LogP contribution in [0.15, 0.2) is 0 Å². The van der Waals surface area contributed by atoms with E-state index in [4.69, 9.17) is 14.2 Å². The number of ether oxygens (including phenoxy) is 4. The number of alkyl halides is 7. The van der Waals surface area contributed by atoms with Crippen molar-refractivity contribution in [2.24, 2.45) is 5.92 Å². The lowest BCUT2D eigenvalue weighted by molar-refractivity contribution is -0.430. The third-order valence-electron chi connectivity index (χ3n) is 4.92. The maximum Gasteiger partial charge on any atom is 0.458 e. The number of halogens is 7. The normalized spacial score (nSPS) is 14.7. The minimum Gasteiger partial charge on any atom is -0.332 e. The highest BCUT2D eigenvalue weighted by atomic mass is 19.4. The van der Waals surface area contributed by atoms with Crippen molar-refractivity contribution in [1.82, 2.24) is 0 Å². The Balaban J connectivity index is 5.34. The van der Waals surface area contributed by atoms with E-state index in [1.54, 1.807) is 20.8 Å². The van der Waals surface area contributed by atoms with E-state index in [9.17, 15) is 30.7 Å². The topological polar surface area (TPSA) is 36.9 Å². The van der Waals surface area contributed by atoms with Crippen LogP contribution < -0.4 is 0 Å². The van der Waals surface area contributed by atoms with Gasteiger partial charge >= 0.3 is 18.2 Å². The molecule has 1 unspecified atom stereocenters. The summed E-state index contributed by atoms with van der Waals surface area (Å²) >= 11 is 0. The van der Waals surface area contributed by atoms with Crippen molar-refractivity contribution in [1.29, 1.82) is 0 Å². The molecule has 0 bridgehead atoms. The molecule has 0 saturated heterocycles. The van der Waals surface area contributed by atoms with Crippen LogP contribution in [0.4, 0.5) is 30.7 Å². The lowest BCUT2D eigenvalue weighted by Gasteiger charge is -2.39. The highest BCUT2D eigenvalue weighted by molar-refractivity contribution is 4.85. The van der Waals surface area contributed by atoms with Gasteiger partial charge in [0.15, 0.2) is 0 Å². The van der Waals surface area contributed by atoms with Crippen molar-refractivity contribution in [2.75, 3.05) is 26.4 Å². The third kappa shape index (κ3) is 9.30. The Morgan fingerprint density at radius 3 is 1.41 bits per heavy atom. The fourth-order valence-electron chi connectivity index (χ4n) is 3.44. The molecule has 0 aromatic heterocycles. The van der Waals surface area contributed by atoms with Crippen molar-refractivity contribution in [3.8, 4) is 0 Å². The SMILES string of the molecule is CCCCCCCC(CCCOC(F)(C(F)(F)F)C(F)(F)F)C(OCC)(OCC)OCC. The molecule has 4 nitrogen and oxygen atoms in total. The average Bonchev–Trinajstić information content (AvgIpc) is 2.67. The van der Waals surface area contributed by atoms with E-state index in [1.807, 2.05) is 0 Å². The van der Waals surface area contributed by atoms with Gasteiger partial charge in [-0.3, -0.25) is 0 Å². The molecule has 0 radical (unpaired) electrons. The zero-order chi connectivity index (χ0) is 24.9. The first kappa shape index (κ1) is 31.4. The largest absolute Gasteiger partial charge is 0.458 e. The van der Waals surface area contributed by atoms with Gasteiger partial charge in [0, 0.05) is 25.7 Å². The van der Waals surface area contributed by atoms with Gasteiger partial charge in [-0.15, -0.1) is 0 Å². The molecule has 32 heavy (non-hydrogen) atoms. The molecular weight excluding hydrogens is 449 g/mol. The number of rotatable bonds is 18. The Bertz CT molecular complexity index is 453. The predicted molar refractivity (Wildman–Crippen MR) is 106 cm³/mol. The van der Waals surface area contributed by atoms with Crippen molar-refractivity contribution in [2.45, 2.75) is 103 Å². The molecule has 1 atom stereocenters. The molecule has 0 spiro atoms. The second-order valence-electron chi connectivity index (χ2n) is 7.38. The molecular formula is C21H37F7O4. The molecule has 11 heteroatoms. The second kappa shape index (κ2) is 14.6. The lowest BCUT2D eigenvalue weighted by atomic mass is 9.93. The van der Waals surface area contributed by atoms with Crippen LogP contribution in [0.3, 0.4) is 0 Å². The van der Waals surface area contributed by atoms with Crippen LogP contribution in [-0.2, 0) is 18.9 Å². The summed E-state index contributed by atoms with van der Waals surface area (Å²) in [6.07, 6.45) is -7.42. The summed E-state index contributed by atoms with van der Waals surface area (Å²) in [6, 6.07) is 0. The molecule has 0 aliphatic rings. The summed E-state index contributed by atoms with van der Waals surface area (Å²) in [6.45, 7) is 6.81. The summed E-state index contributed by atoms with van der Waals surface area (Å²) in [5.74, 6) is -7.69. The lowest BCUT2D eigenvalue weighted by Crippen LogP contribution is -2.55. The van der Waals surface area contributed by atoms with E-state index >= 15 is 0 Å². The summed E-state index contributed by atoms with van der Waals surface area (Å²) in [5, 5.41) is 0. The fourth-order valence-corrected chi connectivity index (χ4v) is 3.44. The van der Waals surface area contributed by atoms with E-state index in [1.165, 1.54) is 0 Å². The summed E-state index contributed by atoms with van der Waals surface area (Å²) in [7, 11) is 0. The van der Waals surface area contributed by atoms with Crippen LogP contribution in [-0.4, -0.2) is 50.6 Å². The summed E-state index contributed by atoms with van der Waals surface area (Å²) < 4.78 is 111. The van der Waals surface area contributed by atoms with Gasteiger partial charge < -0.3 is 18.9 Å². The van der Waals surface area contributed by atoms with Crippen LogP contribution >= 0.6 is 0 Å². The Morgan fingerprint density at radius 2 is 1.00 bits per heavy atom. The summed E-state index contributed by atoms with van der Waals surface area (Å²) in [4.78, 5) is 0. The highest BCUT2D eigenvalue weighted by Crippen LogP contribution is 2.47. The maximum atomic E-state index is 13.7. The van der Waals surface area contributed by atoms with E-state index < -0.39 is 36.7 Å². The van der Waals surface area contributed by atoms with Crippen molar-refractivity contribution < 1.29 is 49.7 Å². The van der Waals surface area contributed by atoms with Gasteiger partial charge in [0.1, 0.15) is 0 Å². The predicted octanol–water partition coefficient (Wildman–Crippen LogP) is 7.31. The van der Waals surface area contributed by atoms with Crippen LogP contribution in [0.2, 0.25) is 0 Å². The first-order chi connectivity index (χ1) is 14.8. The molecule has 0 heterocycles. The van der Waals surface area contributed by atoms with Gasteiger partial charge in [-0.25, -0.2) is 0 Å². The Hall–Kier alpha value is -0.650. The van der Waals surface area contributed by atoms with E-state index in [-0.39, 0.29) is 32.7 Å². The third-order valence-corrected chi connectivity index (χ3v) is 4.92. The van der Waals surface area contributed by atoms with Crippen LogP contribution in [0.5, 0.6) is 0 Å². The minimum absolute atomic E-state index is 0.0690. The Labute approximate surface area is 186 Å². The van der Waals surface area contributed by atoms with Gasteiger partial charge in [0.05, 0.1) is 6.61 Å². The minimum atomic E-state index is -6.24. The van der Waals surface area contributed by atoms with Gasteiger partial charge in [0.2, 0.25) is 0 Å². The summed E-state index contributed by atoms with van der Waals surface area (Å²) in [5.41, 5.74) is 0. The standard InChI is InChI=1S/C21H37F7O4/c1-5-9-10-11-12-14-17(18(29-6-2,30-7-3)31-8-4)15-13-16-32-19(22,20(23,24)25)21(26,27)28/h17H,5-16H2,1-4H3. The van der Waals surface area contributed by atoms with E-state index in [2.05, 4.69) is 11.7 Å². The zero-order valence-electron chi connectivity index (χ0n) is 19.3. The molecule has 0 amide bonds. The fraction of sp³-hybridized carbons (Fsp3) is 1.00. The van der Waals surface area contributed by atoms with Crippen LogP contribution in [0.1, 0.15) is 79.1 Å². The molecule has 0 N–H and O–H groups in total. The first-order valence-electron chi connectivity index (χ1n) is 11.2. The van der Waals surface area contributed by atoms with E-state index in [0.29, 0.717) is 6.42 Å². The molecule has 0 aromatic carbocycles. The average molecular weight is 487 g/mol. The quantitative estimate of drug-likeness (QED) is 0.116. The molecule has 0 fully saturated rings. The monoisotopic (exact) mass is 486 g/mol. The molecule has 0 rings (SSSR count). The van der Waals surface area contributed by atoms with Gasteiger partial charge in [0.25, 0.3) is 5.97 Å². The van der Waals surface area contributed by atoms with Crippen molar-refractivity contribution in [3.63, 3.8) is 0 Å². The smallest absolute Gasteiger partial charge is 0.332 e. The van der Waals surface area contributed by atoms with Crippen LogP contribution in [0, 0.1) is 5.92 Å². The van der Waals surface area contributed by atoms with Gasteiger partial charge in [-0.1, -0.05) is 39.0 Å². The van der Waals surface area contributed by atoms with Crippen molar-refractivity contribution in [3.05, 3.63) is 0 Å². The molecule has 0 aromatic rings. The molecule has 194 valence electrons. The first-order valence-corrected chi connectivity index (χ1v) is 11.2. The number of hydrogen-bond donors (Lipinski definition) is 0. The molecule has 0 aliphatic carbocycles. The second-order valence-corrected chi connectivity index (χ2v) is 7.38. The number of hydrogen-bond acceptors (Lipinski definition) is 4. The number of unbranched alkanes of at least 4 members (excludes halogenated alkanes) is 4. The molecule has 0 saturated carbocycles.